The van der Waals surface area contributed by atoms with Gasteiger partial charge in [0.15, 0.2) is 0 Å². The number of thioether (sulfide) groups is 1. The van der Waals surface area contributed by atoms with Gasteiger partial charge in [-0.3, -0.25) is 0 Å². The van der Waals surface area contributed by atoms with Crippen molar-refractivity contribution in [1.29, 1.82) is 0 Å². The van der Waals surface area contributed by atoms with Crippen LogP contribution in [0.2, 0.25) is 0 Å². The molecular weight excluding hydrogens is 594 g/mol. The van der Waals surface area contributed by atoms with Crippen molar-refractivity contribution in [3.8, 4) is 11.1 Å². The quantitative estimate of drug-likeness (QED) is 0.112. The molecule has 3 aliphatic rings. The summed E-state index contributed by atoms with van der Waals surface area (Å²) in [6.45, 7) is 0. The molecule has 30 heavy (non-hydrogen) atoms. The molecule has 1 aliphatic heterocycles. The van der Waals surface area contributed by atoms with Gasteiger partial charge in [-0.25, -0.2) is 0 Å². The average Bonchev–Trinajstić information content (AvgIpc) is 3.39. The topological polar surface area (TPSA) is 0 Å². The van der Waals surface area contributed by atoms with E-state index in [1.807, 2.05) is 30.0 Å². The molecule has 0 radical (unpaired) electrons. The van der Waals surface area contributed by atoms with E-state index in [0.717, 1.165) is 6.42 Å². The maximum Gasteiger partial charge on any atom is -0.0454 e. The fraction of sp³-hybridized carbons (Fsp3) is 0.0833. The second-order valence-corrected chi connectivity index (χ2v) is 12.8. The van der Waals surface area contributed by atoms with E-state index in [-0.39, 0.29) is 13.5 Å². The molecule has 6 heteroatoms. The van der Waals surface area contributed by atoms with Crippen LogP contribution in [0.25, 0.3) is 17.2 Å². The first-order valence-corrected chi connectivity index (χ1v) is 17.0. The predicted octanol–water partition coefficient (Wildman–Crippen LogP) is 8.07. The van der Waals surface area contributed by atoms with Gasteiger partial charge in [0.25, 0.3) is 0 Å². The summed E-state index contributed by atoms with van der Waals surface area (Å²) in [6, 6.07) is 27.6. The van der Waals surface area contributed by atoms with Gasteiger partial charge < -0.3 is 13.5 Å². The van der Waals surface area contributed by atoms with Crippen molar-refractivity contribution >= 4 is 64.3 Å². The van der Waals surface area contributed by atoms with Gasteiger partial charge >= 0.3 is 37.9 Å². The van der Waals surface area contributed by atoms with E-state index in [4.69, 9.17) is 17.0 Å². The van der Waals surface area contributed by atoms with Gasteiger partial charge in [-0.2, -0.15) is 24.3 Å². The molecule has 0 amide bonds. The number of halogens is 3. The normalized spacial score (nSPS) is 16.0. The zero-order valence-corrected chi connectivity index (χ0v) is 23.0. The molecule has 3 aromatic rings. The molecule has 1 unspecified atom stereocenters. The van der Waals surface area contributed by atoms with Crippen molar-refractivity contribution in [2.24, 2.45) is 0 Å². The smallest absolute Gasteiger partial charge is 0.0454 e. The van der Waals surface area contributed by atoms with E-state index in [9.17, 15) is 0 Å². The first-order valence-electron chi connectivity index (χ1n) is 9.02. The van der Waals surface area contributed by atoms with E-state index in [1.54, 1.807) is 0 Å². The van der Waals surface area contributed by atoms with Crippen molar-refractivity contribution in [1.82, 2.24) is 0 Å². The number of benzene rings is 3. The van der Waals surface area contributed by atoms with Gasteiger partial charge in [0.2, 0.25) is 0 Å². The summed E-state index contributed by atoms with van der Waals surface area (Å²) in [5.74, 6) is 0.468. The fourth-order valence-corrected chi connectivity index (χ4v) is 5.53. The third-order valence-corrected chi connectivity index (χ3v) is 6.65. The van der Waals surface area contributed by atoms with Gasteiger partial charge in [-0.15, -0.1) is 46.5 Å². The molecular formula is C24H16BrCl2S2Zr-3. The summed E-state index contributed by atoms with van der Waals surface area (Å²) in [5.41, 5.74) is 8.13. The number of thiol groups is 1. The molecule has 0 bridgehead atoms. The van der Waals surface area contributed by atoms with Gasteiger partial charge in [-0.1, -0.05) is 59.3 Å². The van der Waals surface area contributed by atoms with E-state index in [0.29, 0.717) is 5.92 Å². The van der Waals surface area contributed by atoms with Gasteiger partial charge in [0.05, 0.1) is 3.81 Å². The van der Waals surface area contributed by atoms with Crippen LogP contribution in [-0.2, 0) is 40.8 Å². The van der Waals surface area contributed by atoms with E-state index in [2.05, 4.69) is 82.7 Å². The fourth-order valence-electron chi connectivity index (χ4n) is 3.77. The molecule has 2 aliphatic carbocycles. The molecule has 0 nitrogen and oxygen atoms in total. The van der Waals surface area contributed by atoms with Crippen molar-refractivity contribution in [2.45, 2.75) is 12.3 Å². The van der Waals surface area contributed by atoms with Crippen molar-refractivity contribution in [2.75, 3.05) is 0 Å². The minimum atomic E-state index is -0.826. The predicted molar refractivity (Wildman–Crippen MR) is 135 cm³/mol. The molecule has 0 saturated heterocycles. The number of hydrogen-bond donors (Lipinski definition) is 0. The van der Waals surface area contributed by atoms with Crippen LogP contribution in [0.5, 0.6) is 0 Å². The Morgan fingerprint density at radius 1 is 0.967 bits per heavy atom. The first-order chi connectivity index (χ1) is 14.2. The largest absolute Gasteiger partial charge is 0.813 e. The third-order valence-electron chi connectivity index (χ3n) is 4.96. The van der Waals surface area contributed by atoms with Crippen LogP contribution in [0.1, 0.15) is 28.2 Å². The van der Waals surface area contributed by atoms with E-state index < -0.39 is 20.8 Å². The van der Waals surface area contributed by atoms with Gasteiger partial charge in [-0.05, 0) is 27.3 Å². The van der Waals surface area contributed by atoms with Crippen LogP contribution in [0.4, 0.5) is 0 Å². The molecule has 1 heterocycles. The molecule has 0 fully saturated rings. The Labute approximate surface area is 216 Å². The summed E-state index contributed by atoms with van der Waals surface area (Å²) in [5, 5.41) is 0. The van der Waals surface area contributed by atoms with Crippen LogP contribution in [-0.4, -0.2) is 0 Å². The molecule has 1 atom stereocenters. The minimum Gasteiger partial charge on any atom is -0.813 e. The number of fused-ring (bicyclic) bond motifs is 6. The SMILES string of the molecule is BrC1=CC2C(=Cc3ccc[c-]c32)S1.[Cl][Zr][Cl].[SH-].[c-]1cccc2c1-c1ccccc1C2. The Balaban J connectivity index is 0.000000147. The maximum absolute atomic E-state index is 4.93. The second kappa shape index (κ2) is 11.6. The summed E-state index contributed by atoms with van der Waals surface area (Å²) < 4.78 is 1.23. The third kappa shape index (κ3) is 5.39. The molecule has 0 spiro atoms. The second-order valence-electron chi connectivity index (χ2n) is 6.61. The molecule has 0 N–H and O–H groups in total. The van der Waals surface area contributed by atoms with Crippen LogP contribution < -0.4 is 0 Å². The Bertz CT molecular complexity index is 1050. The number of allylic oxidation sites excluding steroid dienone is 2. The van der Waals surface area contributed by atoms with Crippen LogP contribution in [0.3, 0.4) is 0 Å². The Kier molecular flexibility index (Phi) is 9.44. The number of hydrogen-bond acceptors (Lipinski definition) is 2. The summed E-state index contributed by atoms with van der Waals surface area (Å²) in [7, 11) is 9.87. The van der Waals surface area contributed by atoms with E-state index >= 15 is 0 Å². The minimum absolute atomic E-state index is 0. The van der Waals surface area contributed by atoms with Crippen LogP contribution >= 0.6 is 44.7 Å². The Hall–Kier alpha value is -0.217. The van der Waals surface area contributed by atoms with Gasteiger partial charge in [0.1, 0.15) is 0 Å². The Morgan fingerprint density at radius 2 is 1.67 bits per heavy atom. The maximum atomic E-state index is 4.93. The number of rotatable bonds is 0. The average molecular weight is 611 g/mol. The molecule has 3 aromatic carbocycles. The zero-order valence-electron chi connectivity index (χ0n) is 15.7. The van der Waals surface area contributed by atoms with E-state index in [1.165, 1.54) is 42.1 Å². The van der Waals surface area contributed by atoms with Crippen molar-refractivity contribution < 1.29 is 20.8 Å². The summed E-state index contributed by atoms with van der Waals surface area (Å²) in [6.07, 6.45) is 5.58. The van der Waals surface area contributed by atoms with Crippen LogP contribution in [0.15, 0.2) is 75.5 Å². The summed E-state index contributed by atoms with van der Waals surface area (Å²) >= 11 is 4.50. The van der Waals surface area contributed by atoms with Crippen molar-refractivity contribution in [3.63, 3.8) is 0 Å². The summed E-state index contributed by atoms with van der Waals surface area (Å²) in [4.78, 5) is 1.42. The van der Waals surface area contributed by atoms with Gasteiger partial charge in [0, 0.05) is 5.92 Å². The van der Waals surface area contributed by atoms with Crippen molar-refractivity contribution in [3.05, 3.63) is 110 Å². The first kappa shape index (κ1) is 24.4. The Morgan fingerprint density at radius 3 is 2.50 bits per heavy atom. The molecule has 0 aromatic heterocycles. The molecule has 152 valence electrons. The van der Waals surface area contributed by atoms with Crippen LogP contribution in [0, 0.1) is 12.1 Å². The molecule has 6 rings (SSSR count). The molecule has 0 saturated carbocycles. The standard InChI is InChI=1S/C13H9.C11H6BrS.2ClH.H2S.Zr/c1-3-7-12-10(5-1)9-11-6-2-4-8-13(11)12;12-11-6-9-8-4-2-1-3-7(8)5-10(9)13-11;;;;/h1-7H,9H2;1-3,5-6,9H;2*1H;1H2;/q2*-1;;;;+2/p-3. The monoisotopic (exact) mass is 607 g/mol. The zero-order chi connectivity index (χ0) is 20.2.